The Morgan fingerprint density at radius 3 is 2.93 bits per heavy atom. The summed E-state index contributed by atoms with van der Waals surface area (Å²) in [7, 11) is 0. The fourth-order valence-corrected chi connectivity index (χ4v) is 2.09. The largest absolute Gasteiger partial charge is 0.318 e. The van der Waals surface area contributed by atoms with E-state index >= 15 is 0 Å². The first kappa shape index (κ1) is 9.40. The summed E-state index contributed by atoms with van der Waals surface area (Å²) >= 11 is 0. The highest BCUT2D eigenvalue weighted by atomic mass is 16.1. The molecule has 0 fully saturated rings. The van der Waals surface area contributed by atoms with E-state index < -0.39 is 0 Å². The third-order valence-corrected chi connectivity index (χ3v) is 2.72. The number of aryl methyl sites for hydroxylation is 1. The van der Waals surface area contributed by atoms with E-state index in [4.69, 9.17) is 0 Å². The average Bonchev–Trinajstić information content (AvgIpc) is 2.41. The number of aromatic nitrogens is 2. The fourth-order valence-electron chi connectivity index (χ4n) is 2.09. The molecule has 0 spiro atoms. The van der Waals surface area contributed by atoms with Gasteiger partial charge in [0.1, 0.15) is 11.5 Å². The number of rotatable bonds is 1. The van der Waals surface area contributed by atoms with Crippen molar-refractivity contribution in [2.24, 2.45) is 0 Å². The molecule has 14 heavy (non-hydrogen) atoms. The number of nitrogens with one attached hydrogen (secondary N) is 1. The van der Waals surface area contributed by atoms with Crippen molar-refractivity contribution in [1.82, 2.24) is 14.9 Å². The fraction of sp³-hybridized carbons (Fsp3) is 0.600. The number of fused-ring (bicyclic) bond motifs is 1. The number of aldehydes is 1. The number of hydrogen-bond acceptors (Lipinski definition) is 3. The molecule has 0 bridgehead atoms. The molecule has 1 aliphatic rings. The predicted octanol–water partition coefficient (Wildman–Crippen LogP) is 0.842. The zero-order valence-electron chi connectivity index (χ0n) is 8.79. The molecule has 0 radical (unpaired) electrons. The highest BCUT2D eigenvalue weighted by Crippen LogP contribution is 2.24. The molecule has 0 saturated carbocycles. The van der Waals surface area contributed by atoms with Gasteiger partial charge in [-0.25, -0.2) is 4.98 Å². The Labute approximate surface area is 83.3 Å². The molecule has 4 nitrogen and oxygen atoms in total. The van der Waals surface area contributed by atoms with Gasteiger partial charge in [0, 0.05) is 6.54 Å². The van der Waals surface area contributed by atoms with Crippen molar-refractivity contribution in [3.63, 3.8) is 0 Å². The van der Waals surface area contributed by atoms with Gasteiger partial charge >= 0.3 is 0 Å². The molecule has 1 N–H and O–H groups in total. The SMILES string of the molecule is Cc1nc2n(c1C=O)C(C)(C)CNC2. The van der Waals surface area contributed by atoms with Gasteiger partial charge in [-0.1, -0.05) is 0 Å². The molecular weight excluding hydrogens is 178 g/mol. The van der Waals surface area contributed by atoms with Crippen molar-refractivity contribution in [1.29, 1.82) is 0 Å². The van der Waals surface area contributed by atoms with Crippen molar-refractivity contribution in [2.45, 2.75) is 32.9 Å². The molecule has 0 aliphatic carbocycles. The lowest BCUT2D eigenvalue weighted by atomic mass is 10.0. The van der Waals surface area contributed by atoms with Gasteiger partial charge in [-0.2, -0.15) is 0 Å². The van der Waals surface area contributed by atoms with Gasteiger partial charge in [0.2, 0.25) is 0 Å². The summed E-state index contributed by atoms with van der Waals surface area (Å²) in [6.07, 6.45) is 0.902. The van der Waals surface area contributed by atoms with E-state index in [1.54, 1.807) is 0 Å². The van der Waals surface area contributed by atoms with Crippen LogP contribution < -0.4 is 5.32 Å². The van der Waals surface area contributed by atoms with Crippen LogP contribution in [0.1, 0.15) is 35.9 Å². The summed E-state index contributed by atoms with van der Waals surface area (Å²) < 4.78 is 2.05. The van der Waals surface area contributed by atoms with E-state index in [1.807, 2.05) is 11.5 Å². The van der Waals surface area contributed by atoms with Crippen LogP contribution in [0.2, 0.25) is 0 Å². The van der Waals surface area contributed by atoms with Crippen LogP contribution in [0.25, 0.3) is 0 Å². The van der Waals surface area contributed by atoms with Crippen molar-refractivity contribution in [3.05, 3.63) is 17.2 Å². The molecule has 2 heterocycles. The van der Waals surface area contributed by atoms with Crippen molar-refractivity contribution in [2.75, 3.05) is 6.54 Å². The predicted molar refractivity (Wildman–Crippen MR) is 53.4 cm³/mol. The average molecular weight is 193 g/mol. The first-order valence-corrected chi connectivity index (χ1v) is 4.81. The number of carbonyl (C=O) groups is 1. The summed E-state index contributed by atoms with van der Waals surface area (Å²) in [6.45, 7) is 7.72. The smallest absolute Gasteiger partial charge is 0.168 e. The Hall–Kier alpha value is -1.16. The minimum absolute atomic E-state index is 0.0644. The maximum atomic E-state index is 11.0. The molecule has 1 aromatic rings. The Morgan fingerprint density at radius 2 is 2.29 bits per heavy atom. The zero-order chi connectivity index (χ0) is 10.3. The molecule has 2 rings (SSSR count). The van der Waals surface area contributed by atoms with Crippen LogP contribution in [0.15, 0.2) is 0 Å². The first-order valence-electron chi connectivity index (χ1n) is 4.81. The van der Waals surface area contributed by atoms with Crippen molar-refractivity contribution in [3.8, 4) is 0 Å². The Balaban J connectivity index is 2.65. The van der Waals surface area contributed by atoms with Crippen LogP contribution in [0.4, 0.5) is 0 Å². The van der Waals surface area contributed by atoms with Gasteiger partial charge < -0.3 is 9.88 Å². The summed E-state index contributed by atoms with van der Waals surface area (Å²) in [5, 5.41) is 3.30. The molecular formula is C10H15N3O. The Morgan fingerprint density at radius 1 is 1.57 bits per heavy atom. The van der Waals surface area contributed by atoms with Crippen molar-refractivity contribution < 1.29 is 4.79 Å². The summed E-state index contributed by atoms with van der Waals surface area (Å²) in [5.41, 5.74) is 1.48. The van der Waals surface area contributed by atoms with E-state index in [2.05, 4.69) is 24.1 Å². The number of hydrogen-bond donors (Lipinski definition) is 1. The summed E-state index contributed by atoms with van der Waals surface area (Å²) in [5.74, 6) is 0.959. The number of carbonyl (C=O) groups excluding carboxylic acids is 1. The maximum Gasteiger partial charge on any atom is 0.168 e. The van der Waals surface area contributed by atoms with E-state index in [9.17, 15) is 4.79 Å². The van der Waals surface area contributed by atoms with Gasteiger partial charge in [0.05, 0.1) is 17.8 Å². The normalized spacial score (nSPS) is 19.1. The van der Waals surface area contributed by atoms with Crippen LogP contribution in [0.5, 0.6) is 0 Å². The number of nitrogens with zero attached hydrogens (tertiary/aromatic N) is 2. The van der Waals surface area contributed by atoms with Crippen LogP contribution in [-0.2, 0) is 12.1 Å². The Kier molecular flexibility index (Phi) is 1.96. The van der Waals surface area contributed by atoms with Crippen LogP contribution >= 0.6 is 0 Å². The van der Waals surface area contributed by atoms with E-state index in [-0.39, 0.29) is 5.54 Å². The second-order valence-electron chi connectivity index (χ2n) is 4.37. The highest BCUT2D eigenvalue weighted by Gasteiger charge is 2.30. The van der Waals surface area contributed by atoms with Gasteiger partial charge in [-0.15, -0.1) is 0 Å². The maximum absolute atomic E-state index is 11.0. The molecule has 76 valence electrons. The molecule has 0 unspecified atom stereocenters. The van der Waals surface area contributed by atoms with Crippen LogP contribution in [-0.4, -0.2) is 22.4 Å². The third kappa shape index (κ3) is 1.18. The standard InChI is InChI=1S/C10H15N3O/c1-7-8(5-14)13-9(12-7)4-11-6-10(13,2)3/h5,11H,4,6H2,1-3H3. The minimum atomic E-state index is -0.0644. The second-order valence-corrected chi connectivity index (χ2v) is 4.37. The highest BCUT2D eigenvalue weighted by molar-refractivity contribution is 5.74. The van der Waals surface area contributed by atoms with Crippen molar-refractivity contribution >= 4 is 6.29 Å². The first-order chi connectivity index (χ1) is 6.56. The van der Waals surface area contributed by atoms with Crippen LogP contribution in [0.3, 0.4) is 0 Å². The van der Waals surface area contributed by atoms with Gasteiger partial charge in [0.25, 0.3) is 0 Å². The lowest BCUT2D eigenvalue weighted by Gasteiger charge is -2.34. The second kappa shape index (κ2) is 2.92. The monoisotopic (exact) mass is 193 g/mol. The molecule has 0 saturated heterocycles. The quantitative estimate of drug-likeness (QED) is 0.672. The Bertz CT molecular complexity index is 379. The molecule has 1 aliphatic heterocycles. The van der Waals surface area contributed by atoms with Gasteiger partial charge in [-0.05, 0) is 20.8 Å². The van der Waals surface area contributed by atoms with E-state index in [0.717, 1.165) is 30.9 Å². The van der Waals surface area contributed by atoms with Gasteiger partial charge in [0.15, 0.2) is 6.29 Å². The van der Waals surface area contributed by atoms with Crippen LogP contribution in [0, 0.1) is 6.92 Å². The number of imidazole rings is 1. The van der Waals surface area contributed by atoms with E-state index in [0.29, 0.717) is 5.69 Å². The molecule has 4 heteroatoms. The molecule has 0 atom stereocenters. The van der Waals surface area contributed by atoms with E-state index in [1.165, 1.54) is 0 Å². The summed E-state index contributed by atoms with van der Waals surface area (Å²) in [4.78, 5) is 15.4. The zero-order valence-corrected chi connectivity index (χ0v) is 8.79. The lowest BCUT2D eigenvalue weighted by molar-refractivity contribution is 0.110. The lowest BCUT2D eigenvalue weighted by Crippen LogP contribution is -2.45. The molecule has 0 aromatic carbocycles. The third-order valence-electron chi connectivity index (χ3n) is 2.72. The topological polar surface area (TPSA) is 46.9 Å². The summed E-state index contributed by atoms with van der Waals surface area (Å²) in [6, 6.07) is 0. The van der Waals surface area contributed by atoms with Gasteiger partial charge in [-0.3, -0.25) is 4.79 Å². The molecule has 0 amide bonds. The molecule has 1 aromatic heterocycles. The minimum Gasteiger partial charge on any atom is -0.318 e.